The first-order chi connectivity index (χ1) is 16.4. The van der Waals surface area contributed by atoms with Crippen molar-refractivity contribution in [1.82, 2.24) is 15.5 Å². The molecule has 0 aromatic heterocycles. The average molecular weight is 460 g/mol. The van der Waals surface area contributed by atoms with Crippen LogP contribution in [0, 0.1) is 17.2 Å². The first kappa shape index (κ1) is 24.6. The van der Waals surface area contributed by atoms with Crippen molar-refractivity contribution in [3.05, 3.63) is 29.8 Å². The Morgan fingerprint density at radius 1 is 1.15 bits per heavy atom. The van der Waals surface area contributed by atoms with Crippen molar-refractivity contribution in [2.45, 2.75) is 88.6 Å². The molecule has 1 heterocycles. The first-order valence-electron chi connectivity index (χ1n) is 13.0. The fourth-order valence-electron chi connectivity index (χ4n) is 6.23. The quantitative estimate of drug-likeness (QED) is 0.535. The third-order valence-corrected chi connectivity index (χ3v) is 8.22. The van der Waals surface area contributed by atoms with Crippen molar-refractivity contribution < 1.29 is 14.3 Å². The fraction of sp³-hybridized carbons (Fsp3) is 0.667. The number of nitrogens with zero attached hydrogens (tertiary/aromatic N) is 1. The molecule has 3 N–H and O–H groups in total. The van der Waals surface area contributed by atoms with Crippen LogP contribution in [0.2, 0.25) is 0 Å². The zero-order chi connectivity index (χ0) is 24.1. The number of nitrogens with one attached hydrogen (secondary N) is 3. The third-order valence-electron chi connectivity index (χ3n) is 8.22. The number of rotatable bonds is 8. The molecule has 2 amide bonds. The van der Waals surface area contributed by atoms with Crippen molar-refractivity contribution in [2.75, 3.05) is 14.2 Å². The van der Waals surface area contributed by atoms with Gasteiger partial charge in [0, 0.05) is 18.7 Å². The minimum absolute atomic E-state index is 0.0395. The van der Waals surface area contributed by atoms with Crippen LogP contribution >= 0.6 is 0 Å². The number of carbonyl (C=O) groups is 2. The van der Waals surface area contributed by atoms with Gasteiger partial charge in [0.15, 0.2) is 5.96 Å². The molecule has 4 rings (SSSR count). The summed E-state index contributed by atoms with van der Waals surface area (Å²) >= 11 is 0. The zero-order valence-electron chi connectivity index (χ0n) is 20.7. The van der Waals surface area contributed by atoms with Gasteiger partial charge in [-0.15, -0.1) is 0 Å². The molecule has 0 spiro atoms. The van der Waals surface area contributed by atoms with Gasteiger partial charge in [-0.3, -0.25) is 19.9 Å². The van der Waals surface area contributed by atoms with Gasteiger partial charge in [0.25, 0.3) is 11.8 Å². The van der Waals surface area contributed by atoms with Crippen LogP contribution in [0.4, 0.5) is 0 Å². The maximum Gasteiger partial charge on any atom is 0.254 e. The Morgan fingerprint density at radius 3 is 2.50 bits per heavy atom. The second-order valence-electron chi connectivity index (χ2n) is 10.6. The number of methoxy groups -OCH3 is 1. The molecule has 34 heavy (non-hydrogen) atoms. The van der Waals surface area contributed by atoms with Gasteiger partial charge in [0.1, 0.15) is 11.3 Å². The van der Waals surface area contributed by atoms with E-state index in [4.69, 9.17) is 10.1 Å². The molecular formula is C27H40N4O3. The molecule has 1 saturated heterocycles. The average Bonchev–Trinajstić information content (AvgIpc) is 3.07. The number of carbonyl (C=O) groups excluding carboxylic acids is 2. The summed E-state index contributed by atoms with van der Waals surface area (Å²) in [6, 6.07) is 7.29. The number of benzene rings is 1. The van der Waals surface area contributed by atoms with E-state index < -0.39 is 5.54 Å². The normalized spacial score (nSPS) is 28.0. The number of likely N-dealkylation sites (N-methyl/N-ethyl adjacent to an activating group) is 1. The summed E-state index contributed by atoms with van der Waals surface area (Å²) in [5.41, 5.74) is -0.0369. The Kier molecular flexibility index (Phi) is 7.79. The lowest BCUT2D eigenvalue weighted by Gasteiger charge is -2.36. The Morgan fingerprint density at radius 2 is 1.85 bits per heavy atom. The van der Waals surface area contributed by atoms with Crippen LogP contribution in [0.1, 0.15) is 87.4 Å². The predicted molar refractivity (Wildman–Crippen MR) is 133 cm³/mol. The lowest BCUT2D eigenvalue weighted by Crippen LogP contribution is -2.50. The minimum atomic E-state index is -0.671. The van der Waals surface area contributed by atoms with Crippen LogP contribution < -0.4 is 15.4 Å². The standard InChI is InChI=1S/C27H40N4O3/c1-31-25(33)27(30-26(31)28,16-15-19-7-4-3-5-8-19)18-20-9-6-10-22(17-20)29-24(32)21-11-13-23(34-2)14-12-21/h11-14,19-20,22H,3-10,15-18H2,1-2H3,(H2,28,30)(H,29,32)/t20-,22+,27+/m0/s1/i2-9. The molecular weight excluding hydrogens is 419 g/mol. The molecule has 0 bridgehead atoms. The molecule has 2 saturated carbocycles. The molecule has 1 aliphatic heterocycles. The number of amides is 2. The number of hydrogen-bond donors (Lipinski definition) is 3. The number of guanidine groups is 1. The summed E-state index contributed by atoms with van der Waals surface area (Å²) in [7, 11) is 3.32. The van der Waals surface area contributed by atoms with Gasteiger partial charge in [0.2, 0.25) is 0 Å². The first-order valence-corrected chi connectivity index (χ1v) is 13.0. The zero-order valence-corrected chi connectivity index (χ0v) is 20.7. The van der Waals surface area contributed by atoms with Crippen molar-refractivity contribution in [3.8, 4) is 5.75 Å². The van der Waals surface area contributed by atoms with E-state index in [0.29, 0.717) is 17.4 Å². The maximum atomic E-state index is 13.3. The highest BCUT2D eigenvalue weighted by atomic mass is 16.3. The minimum Gasteiger partial charge on any atom is -0.497 e. The van der Waals surface area contributed by atoms with Gasteiger partial charge in [-0.25, -0.2) is 0 Å². The summed E-state index contributed by atoms with van der Waals surface area (Å²) in [5.74, 6) is 1.97. The van der Waals surface area contributed by atoms with E-state index in [-0.39, 0.29) is 23.8 Å². The van der Waals surface area contributed by atoms with Gasteiger partial charge in [0.05, 0.1) is 7.11 Å². The predicted octanol–water partition coefficient (Wildman–Crippen LogP) is 4.47. The Balaban J connectivity index is 1.39. The lowest BCUT2D eigenvalue weighted by molar-refractivity contribution is -0.131. The van der Waals surface area contributed by atoms with Crippen molar-refractivity contribution in [2.24, 2.45) is 11.8 Å². The highest BCUT2D eigenvalue weighted by molar-refractivity contribution is 6.07. The molecule has 0 unspecified atom stereocenters. The smallest absolute Gasteiger partial charge is 0.254 e. The summed E-state index contributed by atoms with van der Waals surface area (Å²) in [6.07, 6.45) is 13.0. The van der Waals surface area contributed by atoms with Crippen LogP contribution in [0.3, 0.4) is 0 Å². The van der Waals surface area contributed by atoms with Crippen LogP contribution in [0.15, 0.2) is 24.3 Å². The SMILES string of the molecule is CN1C(=N)N[C@](CCC2CCCCC2)(C[C@H]2CCC[C@@H](NC(=O)c3ccc(O[3CH3])cc3)C2)C1=O. The molecule has 0 radical (unpaired) electrons. The van der Waals surface area contributed by atoms with E-state index in [1.54, 1.807) is 38.4 Å². The summed E-state index contributed by atoms with van der Waals surface area (Å²) in [4.78, 5) is 27.6. The molecule has 3 atom stereocenters. The second-order valence-corrected chi connectivity index (χ2v) is 10.6. The number of ether oxygens (including phenoxy) is 1. The van der Waals surface area contributed by atoms with Crippen molar-refractivity contribution in [1.29, 1.82) is 5.41 Å². The van der Waals surface area contributed by atoms with Crippen LogP contribution in [0.5, 0.6) is 5.75 Å². The summed E-state index contributed by atoms with van der Waals surface area (Å²) < 4.78 is 5.18. The van der Waals surface area contributed by atoms with Gasteiger partial charge in [-0.2, -0.15) is 0 Å². The third kappa shape index (κ3) is 5.56. The van der Waals surface area contributed by atoms with Crippen LogP contribution in [-0.4, -0.2) is 48.4 Å². The van der Waals surface area contributed by atoms with E-state index in [2.05, 4.69) is 10.6 Å². The fourth-order valence-corrected chi connectivity index (χ4v) is 6.23. The van der Waals surface area contributed by atoms with Gasteiger partial charge < -0.3 is 15.4 Å². The van der Waals surface area contributed by atoms with Crippen molar-refractivity contribution in [3.63, 3.8) is 0 Å². The number of hydrogen-bond acceptors (Lipinski definition) is 4. The van der Waals surface area contributed by atoms with Gasteiger partial charge in [-0.1, -0.05) is 44.9 Å². The van der Waals surface area contributed by atoms with E-state index in [1.165, 1.54) is 37.0 Å². The van der Waals surface area contributed by atoms with Crippen LogP contribution in [-0.2, 0) is 4.79 Å². The highest BCUT2D eigenvalue weighted by Crippen LogP contribution is 2.38. The van der Waals surface area contributed by atoms with Crippen molar-refractivity contribution >= 4 is 17.8 Å². The molecule has 2 aliphatic carbocycles. The summed E-state index contributed by atoms with van der Waals surface area (Å²) in [5, 5.41) is 14.8. The van der Waals surface area contributed by atoms with E-state index in [9.17, 15) is 9.59 Å². The van der Waals surface area contributed by atoms with Gasteiger partial charge in [-0.05, 0) is 68.2 Å². The topological polar surface area (TPSA) is 94.5 Å². The van der Waals surface area contributed by atoms with E-state index in [1.807, 2.05) is 0 Å². The molecule has 3 aliphatic rings. The summed E-state index contributed by atoms with van der Waals surface area (Å²) in [6.45, 7) is 0. The maximum absolute atomic E-state index is 13.3. The molecule has 3 fully saturated rings. The molecule has 1 aromatic rings. The monoisotopic (exact) mass is 459 g/mol. The highest BCUT2D eigenvalue weighted by Gasteiger charge is 2.49. The largest absolute Gasteiger partial charge is 0.497 e. The molecule has 1 aromatic carbocycles. The molecule has 7 nitrogen and oxygen atoms in total. The molecule has 7 heteroatoms. The lowest BCUT2D eigenvalue weighted by atomic mass is 2.92. The van der Waals surface area contributed by atoms with Crippen LogP contribution in [0.25, 0.3) is 0 Å². The van der Waals surface area contributed by atoms with E-state index >= 15 is 0 Å². The molecule has 186 valence electrons. The van der Waals surface area contributed by atoms with Gasteiger partial charge >= 0.3 is 0 Å². The Hall–Kier alpha value is -2.57. The Bertz CT molecular complexity index is 880. The van der Waals surface area contributed by atoms with E-state index in [0.717, 1.165) is 50.7 Å². The Labute approximate surface area is 203 Å². The second kappa shape index (κ2) is 10.8.